The molecular formula is C16H24N2O3. The van der Waals surface area contributed by atoms with Crippen LogP contribution in [0.2, 0.25) is 0 Å². The van der Waals surface area contributed by atoms with Gasteiger partial charge in [-0.1, -0.05) is 19.9 Å². The Bertz CT molecular complexity index is 492. The minimum absolute atomic E-state index is 0.0414. The molecule has 0 aromatic heterocycles. The highest BCUT2D eigenvalue weighted by Gasteiger charge is 2.24. The standard InChI is InChI=1S/C16H24N2O3/c1-6-21-16(20)18-14(10(2)3)15(19)17-13-8-11(4)7-12(5)9-13/h7-10,14H,6H2,1-5H3,(H,17,19)(H,18,20). The molecule has 1 atom stereocenters. The maximum absolute atomic E-state index is 12.3. The van der Waals surface area contributed by atoms with Gasteiger partial charge in [-0.2, -0.15) is 0 Å². The quantitative estimate of drug-likeness (QED) is 0.876. The van der Waals surface area contributed by atoms with Crippen LogP contribution in [0, 0.1) is 19.8 Å². The number of aryl methyl sites for hydroxylation is 2. The molecule has 0 saturated carbocycles. The molecule has 1 unspecified atom stereocenters. The van der Waals surface area contributed by atoms with Crippen molar-refractivity contribution in [3.63, 3.8) is 0 Å². The van der Waals surface area contributed by atoms with E-state index in [9.17, 15) is 9.59 Å². The smallest absolute Gasteiger partial charge is 0.407 e. The van der Waals surface area contributed by atoms with E-state index in [0.717, 1.165) is 16.8 Å². The second-order valence-electron chi connectivity index (χ2n) is 5.45. The third-order valence-electron chi connectivity index (χ3n) is 2.99. The molecule has 2 amide bonds. The van der Waals surface area contributed by atoms with Crippen molar-refractivity contribution in [1.82, 2.24) is 5.32 Å². The van der Waals surface area contributed by atoms with Gasteiger partial charge in [-0.3, -0.25) is 4.79 Å². The number of rotatable bonds is 5. The van der Waals surface area contributed by atoms with Crippen molar-refractivity contribution in [1.29, 1.82) is 0 Å². The molecule has 0 fully saturated rings. The summed E-state index contributed by atoms with van der Waals surface area (Å²) >= 11 is 0. The maximum Gasteiger partial charge on any atom is 0.407 e. The van der Waals surface area contributed by atoms with E-state index in [2.05, 4.69) is 10.6 Å². The van der Waals surface area contributed by atoms with Gasteiger partial charge in [0.1, 0.15) is 6.04 Å². The molecule has 0 aliphatic rings. The fraction of sp³-hybridized carbons (Fsp3) is 0.500. The lowest BCUT2D eigenvalue weighted by Crippen LogP contribution is -2.47. The second-order valence-corrected chi connectivity index (χ2v) is 5.45. The number of amides is 2. The summed E-state index contributed by atoms with van der Waals surface area (Å²) in [5.74, 6) is -0.289. The van der Waals surface area contributed by atoms with Gasteiger partial charge in [0.25, 0.3) is 0 Å². The molecular weight excluding hydrogens is 268 g/mol. The molecule has 0 radical (unpaired) electrons. The largest absolute Gasteiger partial charge is 0.450 e. The number of anilines is 1. The lowest BCUT2D eigenvalue weighted by atomic mass is 10.0. The zero-order chi connectivity index (χ0) is 16.0. The summed E-state index contributed by atoms with van der Waals surface area (Å²) in [6.07, 6.45) is -0.577. The van der Waals surface area contributed by atoms with E-state index in [1.807, 2.05) is 45.9 Å². The average molecular weight is 292 g/mol. The highest BCUT2D eigenvalue weighted by atomic mass is 16.5. The van der Waals surface area contributed by atoms with Crippen molar-refractivity contribution in [2.45, 2.75) is 40.7 Å². The number of hydrogen-bond donors (Lipinski definition) is 2. The highest BCUT2D eigenvalue weighted by molar-refractivity contribution is 5.96. The van der Waals surface area contributed by atoms with Crippen LogP contribution >= 0.6 is 0 Å². The molecule has 1 aromatic carbocycles. The summed E-state index contributed by atoms with van der Waals surface area (Å²) in [6.45, 7) is 9.68. The van der Waals surface area contributed by atoms with Crippen molar-refractivity contribution >= 4 is 17.7 Å². The van der Waals surface area contributed by atoms with E-state index >= 15 is 0 Å². The molecule has 0 heterocycles. The van der Waals surface area contributed by atoms with Crippen molar-refractivity contribution in [2.75, 3.05) is 11.9 Å². The van der Waals surface area contributed by atoms with Gasteiger partial charge in [-0.25, -0.2) is 4.79 Å². The number of carbonyl (C=O) groups excluding carboxylic acids is 2. The zero-order valence-corrected chi connectivity index (χ0v) is 13.3. The average Bonchev–Trinajstić information content (AvgIpc) is 2.34. The van der Waals surface area contributed by atoms with Gasteiger partial charge >= 0.3 is 6.09 Å². The summed E-state index contributed by atoms with van der Waals surface area (Å²) in [7, 11) is 0. The van der Waals surface area contributed by atoms with Gasteiger partial charge in [0.15, 0.2) is 0 Å². The SMILES string of the molecule is CCOC(=O)NC(C(=O)Nc1cc(C)cc(C)c1)C(C)C. The van der Waals surface area contributed by atoms with Crippen LogP contribution in [0.3, 0.4) is 0 Å². The van der Waals surface area contributed by atoms with Gasteiger partial charge < -0.3 is 15.4 Å². The molecule has 116 valence electrons. The highest BCUT2D eigenvalue weighted by Crippen LogP contribution is 2.15. The molecule has 1 aromatic rings. The summed E-state index contributed by atoms with van der Waals surface area (Å²) in [4.78, 5) is 23.8. The van der Waals surface area contributed by atoms with Crippen LogP contribution in [0.15, 0.2) is 18.2 Å². The number of carbonyl (C=O) groups is 2. The molecule has 0 bridgehead atoms. The van der Waals surface area contributed by atoms with Crippen LogP contribution in [-0.2, 0) is 9.53 Å². The van der Waals surface area contributed by atoms with Crippen LogP contribution in [0.25, 0.3) is 0 Å². The summed E-state index contributed by atoms with van der Waals surface area (Å²) in [5.41, 5.74) is 2.88. The van der Waals surface area contributed by atoms with E-state index in [0.29, 0.717) is 0 Å². The molecule has 5 heteroatoms. The summed E-state index contributed by atoms with van der Waals surface area (Å²) < 4.78 is 4.83. The first-order valence-corrected chi connectivity index (χ1v) is 7.16. The van der Waals surface area contributed by atoms with E-state index < -0.39 is 12.1 Å². The lowest BCUT2D eigenvalue weighted by Gasteiger charge is -2.21. The number of nitrogens with one attached hydrogen (secondary N) is 2. The van der Waals surface area contributed by atoms with Crippen LogP contribution in [0.4, 0.5) is 10.5 Å². The van der Waals surface area contributed by atoms with E-state index in [-0.39, 0.29) is 18.4 Å². The molecule has 5 nitrogen and oxygen atoms in total. The van der Waals surface area contributed by atoms with Crippen LogP contribution < -0.4 is 10.6 Å². The fourth-order valence-corrected chi connectivity index (χ4v) is 2.10. The Hall–Kier alpha value is -2.04. The van der Waals surface area contributed by atoms with Crippen LogP contribution in [0.5, 0.6) is 0 Å². The number of benzene rings is 1. The first kappa shape index (κ1) is 17.0. The van der Waals surface area contributed by atoms with Crippen molar-refractivity contribution in [3.8, 4) is 0 Å². The molecule has 0 aliphatic carbocycles. The maximum atomic E-state index is 12.3. The normalized spacial score (nSPS) is 11.9. The van der Waals surface area contributed by atoms with Crippen molar-refractivity contribution in [2.24, 2.45) is 5.92 Å². The van der Waals surface area contributed by atoms with Gasteiger partial charge in [-0.05, 0) is 49.9 Å². The molecule has 0 spiro atoms. The summed E-state index contributed by atoms with van der Waals surface area (Å²) in [5, 5.41) is 5.44. The van der Waals surface area contributed by atoms with Gasteiger partial charge in [0.2, 0.25) is 5.91 Å². The first-order chi connectivity index (χ1) is 9.83. The Morgan fingerprint density at radius 3 is 2.19 bits per heavy atom. The predicted octanol–water partition coefficient (Wildman–Crippen LogP) is 3.01. The zero-order valence-electron chi connectivity index (χ0n) is 13.3. The third-order valence-corrected chi connectivity index (χ3v) is 2.99. The second kappa shape index (κ2) is 7.67. The number of ether oxygens (including phenoxy) is 1. The Morgan fingerprint density at radius 2 is 1.71 bits per heavy atom. The monoisotopic (exact) mass is 292 g/mol. The lowest BCUT2D eigenvalue weighted by molar-refractivity contribution is -0.119. The van der Waals surface area contributed by atoms with Crippen molar-refractivity contribution < 1.29 is 14.3 Å². The van der Waals surface area contributed by atoms with Crippen LogP contribution in [-0.4, -0.2) is 24.6 Å². The molecule has 0 saturated heterocycles. The Labute approximate surface area is 126 Å². The summed E-state index contributed by atoms with van der Waals surface area (Å²) in [6, 6.07) is 5.19. The fourth-order valence-electron chi connectivity index (χ4n) is 2.10. The number of hydrogen-bond acceptors (Lipinski definition) is 3. The topological polar surface area (TPSA) is 67.4 Å². The van der Waals surface area contributed by atoms with Gasteiger partial charge in [0, 0.05) is 5.69 Å². The van der Waals surface area contributed by atoms with Gasteiger partial charge in [0.05, 0.1) is 6.61 Å². The number of alkyl carbamates (subject to hydrolysis) is 1. The van der Waals surface area contributed by atoms with E-state index in [1.165, 1.54) is 0 Å². The van der Waals surface area contributed by atoms with Crippen molar-refractivity contribution in [3.05, 3.63) is 29.3 Å². The minimum Gasteiger partial charge on any atom is -0.450 e. The first-order valence-electron chi connectivity index (χ1n) is 7.16. The minimum atomic E-state index is -0.634. The van der Waals surface area contributed by atoms with E-state index in [1.54, 1.807) is 6.92 Å². The Morgan fingerprint density at radius 1 is 1.14 bits per heavy atom. The van der Waals surface area contributed by atoms with E-state index in [4.69, 9.17) is 4.74 Å². The molecule has 0 aliphatic heterocycles. The van der Waals surface area contributed by atoms with Gasteiger partial charge in [-0.15, -0.1) is 0 Å². The predicted molar refractivity (Wildman–Crippen MR) is 83.3 cm³/mol. The molecule has 1 rings (SSSR count). The Kier molecular flexibility index (Phi) is 6.21. The molecule has 2 N–H and O–H groups in total. The van der Waals surface area contributed by atoms with Crippen LogP contribution in [0.1, 0.15) is 31.9 Å². The molecule has 21 heavy (non-hydrogen) atoms. The third kappa shape index (κ3) is 5.45. The Balaban J connectivity index is 2.79.